The van der Waals surface area contributed by atoms with E-state index in [4.69, 9.17) is 0 Å². The first-order valence-electron chi connectivity index (χ1n) is 12.0. The summed E-state index contributed by atoms with van der Waals surface area (Å²) in [7, 11) is 1.63. The highest BCUT2D eigenvalue weighted by molar-refractivity contribution is 5.74. The Hall–Kier alpha value is -2.51. The molecule has 0 bridgehead atoms. The molecule has 7 heteroatoms. The Labute approximate surface area is 201 Å². The van der Waals surface area contributed by atoms with Crippen molar-refractivity contribution in [2.75, 3.05) is 26.7 Å². The molecular formula is C27H37F2N3O2. The van der Waals surface area contributed by atoms with E-state index in [9.17, 15) is 18.7 Å². The number of likely N-dealkylation sites (tertiary alicyclic amines) is 1. The molecule has 3 N–H and O–H groups in total. The number of nitrogens with zero attached hydrogens (tertiary/aromatic N) is 1. The number of aliphatic hydroxyl groups excluding tert-OH is 1. The van der Waals surface area contributed by atoms with Crippen molar-refractivity contribution < 1.29 is 18.7 Å². The zero-order valence-corrected chi connectivity index (χ0v) is 20.6. The van der Waals surface area contributed by atoms with Gasteiger partial charge in [0, 0.05) is 32.7 Å². The van der Waals surface area contributed by atoms with Gasteiger partial charge in [-0.2, -0.15) is 0 Å². The van der Waals surface area contributed by atoms with Crippen molar-refractivity contribution in [3.8, 4) is 0 Å². The monoisotopic (exact) mass is 473 g/mol. The molecular weight excluding hydrogens is 436 g/mol. The van der Waals surface area contributed by atoms with E-state index in [2.05, 4.69) is 49.6 Å². The van der Waals surface area contributed by atoms with Gasteiger partial charge >= 0.3 is 6.03 Å². The first-order chi connectivity index (χ1) is 16.0. The van der Waals surface area contributed by atoms with E-state index in [1.807, 2.05) is 11.0 Å². The fourth-order valence-electron chi connectivity index (χ4n) is 4.66. The lowest BCUT2D eigenvalue weighted by atomic mass is 9.78. The predicted octanol–water partition coefficient (Wildman–Crippen LogP) is 4.48. The molecule has 2 aromatic rings. The molecule has 2 atom stereocenters. The zero-order chi connectivity index (χ0) is 24.9. The van der Waals surface area contributed by atoms with Gasteiger partial charge in [-0.25, -0.2) is 13.6 Å². The van der Waals surface area contributed by atoms with E-state index in [0.717, 1.165) is 24.5 Å². The van der Waals surface area contributed by atoms with Gasteiger partial charge in [0.2, 0.25) is 0 Å². The molecule has 1 fully saturated rings. The van der Waals surface area contributed by atoms with Crippen molar-refractivity contribution in [1.29, 1.82) is 0 Å². The van der Waals surface area contributed by atoms with Gasteiger partial charge in [-0.15, -0.1) is 0 Å². The minimum Gasteiger partial charge on any atom is -0.392 e. The van der Waals surface area contributed by atoms with E-state index in [0.29, 0.717) is 38.0 Å². The van der Waals surface area contributed by atoms with Crippen molar-refractivity contribution in [3.05, 3.63) is 70.8 Å². The van der Waals surface area contributed by atoms with Crippen LogP contribution in [0, 0.1) is 11.6 Å². The van der Waals surface area contributed by atoms with Crippen LogP contribution < -0.4 is 10.6 Å². The number of carbonyl (C=O) groups is 1. The van der Waals surface area contributed by atoms with E-state index < -0.39 is 23.3 Å². The summed E-state index contributed by atoms with van der Waals surface area (Å²) in [6, 6.07) is 11.8. The van der Waals surface area contributed by atoms with Gasteiger partial charge in [0.05, 0.1) is 11.6 Å². The van der Waals surface area contributed by atoms with Gasteiger partial charge in [0.1, 0.15) is 11.6 Å². The second-order valence-corrected chi connectivity index (χ2v) is 10.3. The van der Waals surface area contributed by atoms with Crippen LogP contribution in [0.2, 0.25) is 0 Å². The highest BCUT2D eigenvalue weighted by Crippen LogP contribution is 2.34. The SMILES string of the molecule is CNC(=O)N1CCCC(NCC(O)CCc2cc(F)cc(F)c2)(c2cccc(C(C)(C)C)c2)C1. The molecule has 5 nitrogen and oxygen atoms in total. The lowest BCUT2D eigenvalue weighted by Gasteiger charge is -2.44. The van der Waals surface area contributed by atoms with Crippen LogP contribution in [-0.2, 0) is 17.4 Å². The lowest BCUT2D eigenvalue weighted by Crippen LogP contribution is -2.58. The molecule has 0 saturated carbocycles. The molecule has 1 heterocycles. The highest BCUT2D eigenvalue weighted by Gasteiger charge is 2.39. The Morgan fingerprint density at radius 2 is 1.88 bits per heavy atom. The maximum Gasteiger partial charge on any atom is 0.317 e. The molecule has 0 radical (unpaired) electrons. The topological polar surface area (TPSA) is 64.6 Å². The number of amides is 2. The number of piperidine rings is 1. The van der Waals surface area contributed by atoms with Crippen LogP contribution in [0.5, 0.6) is 0 Å². The third-order valence-corrected chi connectivity index (χ3v) is 6.64. The number of rotatable bonds is 7. The minimum absolute atomic E-state index is 0.0217. The molecule has 0 aromatic heterocycles. The minimum atomic E-state index is -0.704. The van der Waals surface area contributed by atoms with E-state index in [1.165, 1.54) is 17.7 Å². The summed E-state index contributed by atoms with van der Waals surface area (Å²) in [6.45, 7) is 7.98. The summed E-state index contributed by atoms with van der Waals surface area (Å²) in [5.74, 6) is -1.23. The Kier molecular flexibility index (Phi) is 8.31. The fraction of sp³-hybridized carbons (Fsp3) is 0.519. The van der Waals surface area contributed by atoms with Gasteiger partial charge < -0.3 is 20.6 Å². The number of benzene rings is 2. The first-order valence-corrected chi connectivity index (χ1v) is 12.0. The molecule has 34 heavy (non-hydrogen) atoms. The maximum atomic E-state index is 13.5. The van der Waals surface area contributed by atoms with E-state index in [-0.39, 0.29) is 11.4 Å². The van der Waals surface area contributed by atoms with E-state index in [1.54, 1.807) is 7.05 Å². The molecule has 2 aromatic carbocycles. The summed E-state index contributed by atoms with van der Waals surface area (Å²) < 4.78 is 27.0. The maximum absolute atomic E-state index is 13.5. The summed E-state index contributed by atoms with van der Waals surface area (Å²) in [6.07, 6.45) is 1.69. The van der Waals surface area contributed by atoms with Gasteiger partial charge in [-0.1, -0.05) is 45.0 Å². The quantitative estimate of drug-likeness (QED) is 0.556. The van der Waals surface area contributed by atoms with Crippen LogP contribution in [0.15, 0.2) is 42.5 Å². The standard InChI is InChI=1S/C27H37F2N3O2/c1-26(2,3)20-7-5-8-21(15-20)27(11-6-12-32(18-27)25(34)30-4)31-17-24(33)10-9-19-13-22(28)16-23(29)14-19/h5,7-8,13-16,24,31,33H,6,9-12,17-18H2,1-4H3,(H,30,34). The number of halogens is 2. The first kappa shape index (κ1) is 26.1. The number of aryl methyl sites for hydroxylation is 1. The van der Waals surface area contributed by atoms with Crippen molar-refractivity contribution in [2.24, 2.45) is 0 Å². The third-order valence-electron chi connectivity index (χ3n) is 6.64. The Morgan fingerprint density at radius 3 is 2.53 bits per heavy atom. The van der Waals surface area contributed by atoms with Gasteiger partial charge in [-0.05, 0) is 59.9 Å². The molecule has 0 spiro atoms. The van der Waals surface area contributed by atoms with Crippen LogP contribution in [0.1, 0.15) is 56.7 Å². The lowest BCUT2D eigenvalue weighted by molar-refractivity contribution is 0.104. The van der Waals surface area contributed by atoms with Crippen molar-refractivity contribution >= 4 is 6.03 Å². The van der Waals surface area contributed by atoms with Gasteiger partial charge in [0.15, 0.2) is 0 Å². The van der Waals surface area contributed by atoms with Crippen LogP contribution in [0.3, 0.4) is 0 Å². The Bertz CT molecular complexity index is 972. The molecule has 1 aliphatic rings. The van der Waals surface area contributed by atoms with Crippen molar-refractivity contribution in [3.63, 3.8) is 0 Å². The van der Waals surface area contributed by atoms with Crippen molar-refractivity contribution in [2.45, 2.75) is 63.5 Å². The van der Waals surface area contributed by atoms with Crippen molar-refractivity contribution in [1.82, 2.24) is 15.5 Å². The summed E-state index contributed by atoms with van der Waals surface area (Å²) in [4.78, 5) is 14.2. The van der Waals surface area contributed by atoms with Crippen LogP contribution in [-0.4, -0.2) is 48.8 Å². The number of hydrogen-bond donors (Lipinski definition) is 3. The van der Waals surface area contributed by atoms with E-state index >= 15 is 0 Å². The molecule has 0 aliphatic carbocycles. The summed E-state index contributed by atoms with van der Waals surface area (Å²) in [5.41, 5.74) is 2.29. The van der Waals surface area contributed by atoms with Crippen LogP contribution >= 0.6 is 0 Å². The van der Waals surface area contributed by atoms with Crippen LogP contribution in [0.4, 0.5) is 13.6 Å². The number of carbonyl (C=O) groups excluding carboxylic acids is 1. The average molecular weight is 474 g/mol. The third kappa shape index (κ3) is 6.54. The van der Waals surface area contributed by atoms with Gasteiger partial charge in [0.25, 0.3) is 0 Å². The Balaban J connectivity index is 1.78. The average Bonchev–Trinajstić information content (AvgIpc) is 2.80. The second-order valence-electron chi connectivity index (χ2n) is 10.3. The Morgan fingerprint density at radius 1 is 1.18 bits per heavy atom. The second kappa shape index (κ2) is 10.8. The zero-order valence-electron chi connectivity index (χ0n) is 20.6. The number of urea groups is 1. The molecule has 2 unspecified atom stereocenters. The summed E-state index contributed by atoms with van der Waals surface area (Å²) in [5, 5.41) is 17.0. The molecule has 2 amide bonds. The normalized spacial score (nSPS) is 19.7. The van der Waals surface area contributed by atoms with Gasteiger partial charge in [-0.3, -0.25) is 0 Å². The predicted molar refractivity (Wildman–Crippen MR) is 131 cm³/mol. The smallest absolute Gasteiger partial charge is 0.317 e. The number of nitrogens with one attached hydrogen (secondary N) is 2. The number of aliphatic hydroxyl groups is 1. The van der Waals surface area contributed by atoms with Crippen LogP contribution in [0.25, 0.3) is 0 Å². The highest BCUT2D eigenvalue weighted by atomic mass is 19.1. The molecule has 186 valence electrons. The molecule has 1 saturated heterocycles. The fourth-order valence-corrected chi connectivity index (χ4v) is 4.66. The number of hydrogen-bond acceptors (Lipinski definition) is 3. The largest absolute Gasteiger partial charge is 0.392 e. The summed E-state index contributed by atoms with van der Waals surface area (Å²) >= 11 is 0. The molecule has 3 rings (SSSR count). The molecule has 1 aliphatic heterocycles.